The molecule has 0 atom stereocenters. The van der Waals surface area contributed by atoms with Crippen molar-refractivity contribution in [3.05, 3.63) is 101 Å². The average Bonchev–Trinajstić information content (AvgIpc) is 2.87. The van der Waals surface area contributed by atoms with Gasteiger partial charge in [-0.2, -0.15) is 8.78 Å². The van der Waals surface area contributed by atoms with Crippen LogP contribution in [0.25, 0.3) is 11.1 Å². The Morgan fingerprint density at radius 1 is 0.805 bits per heavy atom. The van der Waals surface area contributed by atoms with Crippen LogP contribution >= 0.6 is 0 Å². The summed E-state index contributed by atoms with van der Waals surface area (Å²) in [5.41, 5.74) is -0.661. The van der Waals surface area contributed by atoms with Crippen LogP contribution in [0.1, 0.15) is 60.0 Å². The van der Waals surface area contributed by atoms with Gasteiger partial charge in [-0.1, -0.05) is 42.5 Å². The maximum atomic E-state index is 14.8. The Hall–Kier alpha value is -3.73. The van der Waals surface area contributed by atoms with Crippen LogP contribution in [0, 0.1) is 23.4 Å². The van der Waals surface area contributed by atoms with E-state index in [1.165, 1.54) is 11.6 Å². The first kappa shape index (κ1) is 30.2. The van der Waals surface area contributed by atoms with Crippen molar-refractivity contribution in [3.8, 4) is 16.9 Å². The number of halogens is 8. The first-order valence-corrected chi connectivity index (χ1v) is 12.7. The topological polar surface area (TPSA) is 35.5 Å². The molecule has 218 valence electrons. The molecule has 0 aromatic heterocycles. The third-order valence-electron chi connectivity index (χ3n) is 6.90. The van der Waals surface area contributed by atoms with Crippen LogP contribution in [-0.4, -0.2) is 12.3 Å². The number of hydrogen-bond acceptors (Lipinski definition) is 3. The van der Waals surface area contributed by atoms with Crippen LogP contribution in [0.3, 0.4) is 0 Å². The van der Waals surface area contributed by atoms with Crippen molar-refractivity contribution in [1.29, 1.82) is 0 Å². The SMILES string of the molecule is CC=CC1CCC(c2ccc(-c3ccc(C(=O)Oc4cc(F)c(C(F)(F)OC(F)(F)F)c(F)c4)c(F)c3)cc2)CC1. The molecule has 3 aromatic carbocycles. The predicted octanol–water partition coefficient (Wildman–Crippen LogP) is 9.43. The summed E-state index contributed by atoms with van der Waals surface area (Å²) >= 11 is 0. The fourth-order valence-electron chi connectivity index (χ4n) is 4.97. The molecule has 0 unspecified atom stereocenters. The average molecular weight is 585 g/mol. The van der Waals surface area contributed by atoms with E-state index in [4.69, 9.17) is 4.74 Å². The minimum Gasteiger partial charge on any atom is -0.423 e. The molecule has 41 heavy (non-hydrogen) atoms. The van der Waals surface area contributed by atoms with Gasteiger partial charge in [0.05, 0.1) is 5.56 Å². The molecule has 1 aliphatic carbocycles. The molecule has 0 amide bonds. The van der Waals surface area contributed by atoms with E-state index >= 15 is 0 Å². The highest BCUT2D eigenvalue weighted by molar-refractivity contribution is 5.92. The van der Waals surface area contributed by atoms with Gasteiger partial charge in [0.2, 0.25) is 0 Å². The number of rotatable bonds is 7. The van der Waals surface area contributed by atoms with Gasteiger partial charge in [-0.25, -0.2) is 22.7 Å². The number of alkyl halides is 5. The Bertz CT molecular complexity index is 1400. The van der Waals surface area contributed by atoms with Crippen molar-refractivity contribution in [2.24, 2.45) is 5.92 Å². The third-order valence-corrected chi connectivity index (χ3v) is 6.90. The lowest BCUT2D eigenvalue weighted by Gasteiger charge is -2.27. The standard InChI is InChI=1S/C30H24F8O3/c1-2-3-17-4-6-18(7-5-17)19-8-10-20(11-9-19)21-12-13-23(24(31)14-21)28(39)40-22-15-25(32)27(26(33)16-22)29(34,35)41-30(36,37)38/h2-3,8-18H,4-7H2,1H3. The van der Waals surface area contributed by atoms with Gasteiger partial charge in [0, 0.05) is 12.1 Å². The first-order valence-electron chi connectivity index (χ1n) is 12.7. The van der Waals surface area contributed by atoms with Crippen molar-refractivity contribution in [2.45, 2.75) is 51.0 Å². The van der Waals surface area contributed by atoms with Gasteiger partial charge in [0.1, 0.15) is 28.8 Å². The Morgan fingerprint density at radius 2 is 1.39 bits per heavy atom. The van der Waals surface area contributed by atoms with Gasteiger partial charge < -0.3 is 4.74 Å². The molecule has 0 bridgehead atoms. The summed E-state index contributed by atoms with van der Waals surface area (Å²) in [4.78, 5) is 12.4. The number of esters is 1. The fourth-order valence-corrected chi connectivity index (χ4v) is 4.97. The molecule has 0 heterocycles. The summed E-state index contributed by atoms with van der Waals surface area (Å²) < 4.78 is 114. The summed E-state index contributed by atoms with van der Waals surface area (Å²) in [5.74, 6) is -6.73. The zero-order chi connectivity index (χ0) is 29.9. The van der Waals surface area contributed by atoms with Crippen LogP contribution in [0.2, 0.25) is 0 Å². The zero-order valence-corrected chi connectivity index (χ0v) is 21.6. The second-order valence-corrected chi connectivity index (χ2v) is 9.67. The van der Waals surface area contributed by atoms with E-state index in [0.717, 1.165) is 37.8 Å². The molecule has 0 radical (unpaired) electrons. The number of allylic oxidation sites excluding steroid dienone is 2. The van der Waals surface area contributed by atoms with Crippen LogP contribution < -0.4 is 4.74 Å². The summed E-state index contributed by atoms with van der Waals surface area (Å²) in [6.07, 6.45) is -2.63. The Labute approximate surface area is 230 Å². The normalized spacial score (nSPS) is 18.1. The van der Waals surface area contributed by atoms with E-state index in [9.17, 15) is 39.9 Å². The Kier molecular flexibility index (Phi) is 8.86. The molecule has 3 nitrogen and oxygen atoms in total. The Balaban J connectivity index is 1.45. The summed E-state index contributed by atoms with van der Waals surface area (Å²) in [5, 5.41) is 0. The van der Waals surface area contributed by atoms with Crippen molar-refractivity contribution >= 4 is 5.97 Å². The molecular weight excluding hydrogens is 560 g/mol. The predicted molar refractivity (Wildman–Crippen MR) is 134 cm³/mol. The van der Waals surface area contributed by atoms with Crippen LogP contribution in [0.4, 0.5) is 35.1 Å². The van der Waals surface area contributed by atoms with Gasteiger partial charge in [0.25, 0.3) is 0 Å². The van der Waals surface area contributed by atoms with Crippen molar-refractivity contribution in [1.82, 2.24) is 0 Å². The smallest absolute Gasteiger partial charge is 0.423 e. The molecule has 1 saturated carbocycles. The minimum absolute atomic E-state index is 0.0603. The van der Waals surface area contributed by atoms with Gasteiger partial charge in [-0.3, -0.25) is 0 Å². The second kappa shape index (κ2) is 12.0. The molecule has 1 fully saturated rings. The maximum Gasteiger partial charge on any atom is 0.527 e. The van der Waals surface area contributed by atoms with E-state index in [2.05, 4.69) is 16.9 Å². The molecule has 0 aliphatic heterocycles. The molecule has 0 saturated heterocycles. The monoisotopic (exact) mass is 584 g/mol. The highest BCUT2D eigenvalue weighted by Gasteiger charge is 2.49. The quantitative estimate of drug-likeness (QED) is 0.120. The fraction of sp³-hybridized carbons (Fsp3) is 0.300. The third kappa shape index (κ3) is 7.32. The lowest BCUT2D eigenvalue weighted by molar-refractivity contribution is -0.432. The molecule has 1 aliphatic rings. The van der Waals surface area contributed by atoms with E-state index in [1.54, 1.807) is 0 Å². The maximum absolute atomic E-state index is 14.8. The number of benzene rings is 3. The molecule has 3 aromatic rings. The van der Waals surface area contributed by atoms with Crippen molar-refractivity contribution in [3.63, 3.8) is 0 Å². The molecule has 11 heteroatoms. The Morgan fingerprint density at radius 3 is 1.93 bits per heavy atom. The van der Waals surface area contributed by atoms with Crippen LogP contribution in [0.15, 0.2) is 66.7 Å². The lowest BCUT2D eigenvalue weighted by atomic mass is 9.78. The highest BCUT2D eigenvalue weighted by Crippen LogP contribution is 2.40. The summed E-state index contributed by atoms with van der Waals surface area (Å²) in [6.45, 7) is 2.01. The number of carbonyl (C=O) groups excluding carboxylic acids is 1. The van der Waals surface area contributed by atoms with E-state index in [0.29, 0.717) is 23.0 Å². The molecule has 4 rings (SSSR count). The summed E-state index contributed by atoms with van der Waals surface area (Å²) in [6, 6.07) is 11.3. The number of carbonyl (C=O) groups is 1. The lowest BCUT2D eigenvalue weighted by Crippen LogP contribution is -2.29. The van der Waals surface area contributed by atoms with E-state index in [1.807, 2.05) is 31.2 Å². The molecule has 0 N–H and O–H groups in total. The minimum atomic E-state index is -5.90. The van der Waals surface area contributed by atoms with Gasteiger partial charge in [0.15, 0.2) is 0 Å². The second-order valence-electron chi connectivity index (χ2n) is 9.67. The molecular formula is C30H24F8O3. The number of ether oxygens (including phenoxy) is 2. The van der Waals surface area contributed by atoms with Crippen LogP contribution in [0.5, 0.6) is 5.75 Å². The first-order chi connectivity index (χ1) is 19.3. The number of hydrogen-bond donors (Lipinski definition) is 0. The van der Waals surface area contributed by atoms with Crippen LogP contribution in [-0.2, 0) is 10.8 Å². The van der Waals surface area contributed by atoms with Crippen molar-refractivity contribution < 1.29 is 49.4 Å². The summed E-state index contributed by atoms with van der Waals surface area (Å²) in [7, 11) is 0. The highest BCUT2D eigenvalue weighted by atomic mass is 19.4. The van der Waals surface area contributed by atoms with Gasteiger partial charge in [-0.15, -0.1) is 13.2 Å². The van der Waals surface area contributed by atoms with Gasteiger partial charge >= 0.3 is 18.4 Å². The van der Waals surface area contributed by atoms with E-state index in [-0.39, 0.29) is 12.1 Å². The van der Waals surface area contributed by atoms with Gasteiger partial charge in [-0.05, 0) is 73.3 Å². The van der Waals surface area contributed by atoms with Crippen molar-refractivity contribution in [2.75, 3.05) is 0 Å². The molecule has 0 spiro atoms. The zero-order valence-electron chi connectivity index (χ0n) is 21.6. The van der Waals surface area contributed by atoms with E-state index < -0.39 is 52.8 Å². The largest absolute Gasteiger partial charge is 0.527 e.